The molecule has 0 atom stereocenters. The number of ether oxygens (including phenoxy) is 3. The smallest absolute Gasteiger partial charge is 0.124 e. The first-order chi connectivity index (χ1) is 12.9. The van der Waals surface area contributed by atoms with Gasteiger partial charge >= 0.3 is 0 Å². The zero-order valence-corrected chi connectivity index (χ0v) is 17.3. The summed E-state index contributed by atoms with van der Waals surface area (Å²) in [6.45, 7) is 10.7. The van der Waals surface area contributed by atoms with Crippen LogP contribution < -0.4 is 4.74 Å². The number of hydrogen-bond acceptors (Lipinski definition) is 5. The van der Waals surface area contributed by atoms with E-state index in [1.807, 2.05) is 12.1 Å². The standard InChI is InChI=1S/C22H35NO4/c1-22(2,3)20-14-19(25-4)13-16(21(20)24)15-23-9-5-17(6-10-23)27-18-7-11-26-12-8-18/h13-14,17-18,24H,5-12,15H2,1-4H3. The van der Waals surface area contributed by atoms with Crippen LogP contribution in [0, 0.1) is 0 Å². The summed E-state index contributed by atoms with van der Waals surface area (Å²) in [6, 6.07) is 3.92. The Labute approximate surface area is 163 Å². The van der Waals surface area contributed by atoms with E-state index in [0.717, 1.165) is 75.4 Å². The summed E-state index contributed by atoms with van der Waals surface area (Å²) < 4.78 is 17.2. The van der Waals surface area contributed by atoms with Crippen molar-refractivity contribution in [2.24, 2.45) is 0 Å². The highest BCUT2D eigenvalue weighted by Crippen LogP contribution is 2.37. The third-order valence-corrected chi connectivity index (χ3v) is 5.69. The number of phenols is 1. The fraction of sp³-hybridized carbons (Fsp3) is 0.727. The van der Waals surface area contributed by atoms with Gasteiger partial charge in [0.05, 0.1) is 19.3 Å². The molecule has 2 aliphatic rings. The number of nitrogens with zero attached hydrogens (tertiary/aromatic N) is 1. The normalized spacial score (nSPS) is 20.7. The fourth-order valence-electron chi connectivity index (χ4n) is 4.00. The third kappa shape index (κ3) is 5.37. The van der Waals surface area contributed by atoms with Gasteiger partial charge in [-0.2, -0.15) is 0 Å². The second-order valence-electron chi connectivity index (χ2n) is 8.86. The monoisotopic (exact) mass is 377 g/mol. The molecule has 1 aromatic rings. The quantitative estimate of drug-likeness (QED) is 0.844. The molecule has 2 aliphatic heterocycles. The van der Waals surface area contributed by atoms with Crippen LogP contribution >= 0.6 is 0 Å². The van der Waals surface area contributed by atoms with E-state index in [1.54, 1.807) is 7.11 Å². The Hall–Kier alpha value is -1.30. The fourth-order valence-corrected chi connectivity index (χ4v) is 4.00. The number of piperidine rings is 1. The molecule has 152 valence electrons. The Balaban J connectivity index is 1.60. The van der Waals surface area contributed by atoms with E-state index in [-0.39, 0.29) is 5.41 Å². The van der Waals surface area contributed by atoms with E-state index < -0.39 is 0 Å². The van der Waals surface area contributed by atoms with Gasteiger partial charge in [0.25, 0.3) is 0 Å². The zero-order chi connectivity index (χ0) is 19.4. The van der Waals surface area contributed by atoms with Crippen molar-refractivity contribution in [1.29, 1.82) is 0 Å². The van der Waals surface area contributed by atoms with Crippen LogP contribution in [0.3, 0.4) is 0 Å². The number of benzene rings is 1. The second-order valence-corrected chi connectivity index (χ2v) is 8.86. The lowest BCUT2D eigenvalue weighted by atomic mass is 9.85. The molecule has 0 spiro atoms. The van der Waals surface area contributed by atoms with Crippen molar-refractivity contribution in [3.63, 3.8) is 0 Å². The van der Waals surface area contributed by atoms with Gasteiger partial charge in [0.1, 0.15) is 11.5 Å². The first-order valence-corrected chi connectivity index (χ1v) is 10.2. The lowest BCUT2D eigenvalue weighted by Gasteiger charge is -2.35. The topological polar surface area (TPSA) is 51.2 Å². The molecule has 0 amide bonds. The molecule has 2 heterocycles. The highest BCUT2D eigenvalue weighted by Gasteiger charge is 2.26. The van der Waals surface area contributed by atoms with Gasteiger partial charge in [-0.25, -0.2) is 0 Å². The summed E-state index contributed by atoms with van der Waals surface area (Å²) in [5.41, 5.74) is 1.76. The minimum atomic E-state index is -0.127. The summed E-state index contributed by atoms with van der Waals surface area (Å²) in [4.78, 5) is 2.41. The van der Waals surface area contributed by atoms with Crippen LogP contribution in [0.4, 0.5) is 0 Å². The van der Waals surface area contributed by atoms with Crippen molar-refractivity contribution in [3.8, 4) is 11.5 Å². The van der Waals surface area contributed by atoms with E-state index in [9.17, 15) is 5.11 Å². The maximum absolute atomic E-state index is 10.8. The molecule has 5 heteroatoms. The Morgan fingerprint density at radius 3 is 2.30 bits per heavy atom. The first-order valence-electron chi connectivity index (χ1n) is 10.2. The molecule has 1 N–H and O–H groups in total. The minimum absolute atomic E-state index is 0.127. The molecule has 1 aromatic carbocycles. The molecule has 0 saturated carbocycles. The molecule has 5 nitrogen and oxygen atoms in total. The van der Waals surface area contributed by atoms with Crippen LogP contribution in [-0.2, 0) is 21.4 Å². The van der Waals surface area contributed by atoms with Crippen molar-refractivity contribution in [2.45, 2.75) is 70.6 Å². The van der Waals surface area contributed by atoms with Gasteiger partial charge in [0, 0.05) is 44.0 Å². The van der Waals surface area contributed by atoms with Crippen molar-refractivity contribution in [3.05, 3.63) is 23.3 Å². The average molecular weight is 378 g/mol. The summed E-state index contributed by atoms with van der Waals surface area (Å²) in [5, 5.41) is 10.8. The van der Waals surface area contributed by atoms with E-state index >= 15 is 0 Å². The van der Waals surface area contributed by atoms with Gasteiger partial charge in [-0.05, 0) is 43.2 Å². The largest absolute Gasteiger partial charge is 0.507 e. The van der Waals surface area contributed by atoms with E-state index in [2.05, 4.69) is 25.7 Å². The van der Waals surface area contributed by atoms with Crippen LogP contribution in [0.2, 0.25) is 0 Å². The molecule has 2 saturated heterocycles. The highest BCUT2D eigenvalue weighted by molar-refractivity contribution is 5.49. The molecule has 3 rings (SSSR count). The number of methoxy groups -OCH3 is 1. The molecule has 0 aliphatic carbocycles. The van der Waals surface area contributed by atoms with Gasteiger partial charge in [0.2, 0.25) is 0 Å². The van der Waals surface area contributed by atoms with Gasteiger partial charge in [-0.15, -0.1) is 0 Å². The second kappa shape index (κ2) is 8.80. The maximum atomic E-state index is 10.8. The predicted molar refractivity (Wildman–Crippen MR) is 107 cm³/mol. The van der Waals surface area contributed by atoms with Gasteiger partial charge in [0.15, 0.2) is 0 Å². The van der Waals surface area contributed by atoms with Gasteiger partial charge < -0.3 is 19.3 Å². The number of hydrogen-bond donors (Lipinski definition) is 1. The van der Waals surface area contributed by atoms with Crippen molar-refractivity contribution in [2.75, 3.05) is 33.4 Å². The van der Waals surface area contributed by atoms with Crippen LogP contribution in [0.5, 0.6) is 11.5 Å². The van der Waals surface area contributed by atoms with Crippen LogP contribution in [0.1, 0.15) is 57.6 Å². The molecular formula is C22H35NO4. The molecule has 0 bridgehead atoms. The van der Waals surface area contributed by atoms with Gasteiger partial charge in [-0.1, -0.05) is 20.8 Å². The SMILES string of the molecule is COc1cc(CN2CCC(OC3CCOCC3)CC2)c(O)c(C(C)(C)C)c1. The number of rotatable bonds is 5. The van der Waals surface area contributed by atoms with E-state index in [0.29, 0.717) is 18.0 Å². The Morgan fingerprint density at radius 1 is 1.07 bits per heavy atom. The molecular weight excluding hydrogens is 342 g/mol. The summed E-state index contributed by atoms with van der Waals surface area (Å²) in [7, 11) is 1.68. The van der Waals surface area contributed by atoms with Crippen LogP contribution in [0.25, 0.3) is 0 Å². The Bertz CT molecular complexity index is 611. The summed E-state index contributed by atoms with van der Waals surface area (Å²) in [6.07, 6.45) is 4.86. The summed E-state index contributed by atoms with van der Waals surface area (Å²) in [5.74, 6) is 1.22. The molecule has 0 unspecified atom stereocenters. The van der Waals surface area contributed by atoms with E-state index in [4.69, 9.17) is 14.2 Å². The zero-order valence-electron chi connectivity index (χ0n) is 17.3. The third-order valence-electron chi connectivity index (χ3n) is 5.69. The number of aromatic hydroxyl groups is 1. The average Bonchev–Trinajstić information content (AvgIpc) is 2.65. The Kier molecular flexibility index (Phi) is 6.66. The predicted octanol–water partition coefficient (Wildman–Crippen LogP) is 3.86. The molecule has 0 aromatic heterocycles. The summed E-state index contributed by atoms with van der Waals surface area (Å²) >= 11 is 0. The molecule has 0 radical (unpaired) electrons. The maximum Gasteiger partial charge on any atom is 0.124 e. The lowest BCUT2D eigenvalue weighted by Crippen LogP contribution is -2.39. The number of phenolic OH excluding ortho intramolecular Hbond substituents is 1. The number of likely N-dealkylation sites (tertiary alicyclic amines) is 1. The lowest BCUT2D eigenvalue weighted by molar-refractivity contribution is -0.0851. The molecule has 27 heavy (non-hydrogen) atoms. The van der Waals surface area contributed by atoms with Crippen molar-refractivity contribution < 1.29 is 19.3 Å². The Morgan fingerprint density at radius 2 is 1.70 bits per heavy atom. The minimum Gasteiger partial charge on any atom is -0.507 e. The first kappa shape index (κ1) is 20.4. The molecule has 2 fully saturated rings. The van der Waals surface area contributed by atoms with Crippen LogP contribution in [0.15, 0.2) is 12.1 Å². The highest BCUT2D eigenvalue weighted by atomic mass is 16.5. The van der Waals surface area contributed by atoms with Crippen molar-refractivity contribution >= 4 is 0 Å². The van der Waals surface area contributed by atoms with E-state index in [1.165, 1.54) is 0 Å². The van der Waals surface area contributed by atoms with Crippen molar-refractivity contribution in [1.82, 2.24) is 4.90 Å². The van der Waals surface area contributed by atoms with Crippen LogP contribution in [-0.4, -0.2) is 55.6 Å². The van der Waals surface area contributed by atoms with Gasteiger partial charge in [-0.3, -0.25) is 4.90 Å².